The number of nitrogens with one attached hydrogen (secondary N) is 1. The SMILES string of the molecule is CCOc1cncc(-c2cc(OC)c(CN3CCN(c4ccc(C(=O)NS(=O)(=O)CCC(F)(F)F)cc4)CC3)c(OC)c2)c1. The highest BCUT2D eigenvalue weighted by molar-refractivity contribution is 7.90. The fourth-order valence-corrected chi connectivity index (χ4v) is 5.84. The Bertz CT molecular complexity index is 1520. The van der Waals surface area contributed by atoms with Crippen molar-refractivity contribution in [2.24, 2.45) is 0 Å². The van der Waals surface area contributed by atoms with E-state index in [0.717, 1.165) is 35.5 Å². The highest BCUT2D eigenvalue weighted by atomic mass is 32.2. The number of carbonyl (C=O) groups is 1. The minimum absolute atomic E-state index is 0.0333. The normalized spacial score (nSPS) is 14.3. The first-order valence-electron chi connectivity index (χ1n) is 13.9. The molecule has 1 aliphatic rings. The van der Waals surface area contributed by atoms with Gasteiger partial charge in [-0.2, -0.15) is 13.2 Å². The van der Waals surface area contributed by atoms with E-state index in [0.29, 0.717) is 43.5 Å². The van der Waals surface area contributed by atoms with E-state index in [9.17, 15) is 26.4 Å². The predicted molar refractivity (Wildman–Crippen MR) is 160 cm³/mol. The topological polar surface area (TPSA) is 110 Å². The number of anilines is 1. The highest BCUT2D eigenvalue weighted by Gasteiger charge is 2.30. The molecule has 238 valence electrons. The number of hydrogen-bond acceptors (Lipinski definition) is 9. The average Bonchev–Trinajstić information content (AvgIpc) is 3.00. The molecule has 0 saturated carbocycles. The Morgan fingerprint density at radius 3 is 2.16 bits per heavy atom. The number of amides is 1. The Morgan fingerprint density at radius 2 is 1.59 bits per heavy atom. The Balaban J connectivity index is 1.38. The van der Waals surface area contributed by atoms with Crippen LogP contribution in [0.2, 0.25) is 0 Å². The molecule has 1 saturated heterocycles. The quantitative estimate of drug-likeness (QED) is 0.307. The second-order valence-corrected chi connectivity index (χ2v) is 12.0. The summed E-state index contributed by atoms with van der Waals surface area (Å²) in [4.78, 5) is 21.0. The van der Waals surface area contributed by atoms with Crippen molar-refractivity contribution >= 4 is 21.6 Å². The van der Waals surface area contributed by atoms with Gasteiger partial charge < -0.3 is 19.1 Å². The molecule has 0 unspecified atom stereocenters. The van der Waals surface area contributed by atoms with Crippen molar-refractivity contribution in [1.82, 2.24) is 14.6 Å². The maximum atomic E-state index is 12.4. The Hall–Kier alpha value is -4.04. The van der Waals surface area contributed by atoms with Crippen LogP contribution in [0.5, 0.6) is 17.2 Å². The molecule has 1 aliphatic heterocycles. The fourth-order valence-electron chi connectivity index (χ4n) is 4.84. The number of rotatable bonds is 12. The number of benzene rings is 2. The predicted octanol–water partition coefficient (Wildman–Crippen LogP) is 4.50. The van der Waals surface area contributed by atoms with Crippen molar-refractivity contribution < 1.29 is 40.6 Å². The van der Waals surface area contributed by atoms with Gasteiger partial charge in [0.1, 0.15) is 17.2 Å². The molecule has 2 aromatic carbocycles. The van der Waals surface area contributed by atoms with E-state index in [1.165, 1.54) is 12.1 Å². The molecule has 0 atom stereocenters. The van der Waals surface area contributed by atoms with Crippen LogP contribution in [-0.2, 0) is 16.6 Å². The molecule has 3 aromatic rings. The number of halogens is 3. The van der Waals surface area contributed by atoms with Gasteiger partial charge in [-0.15, -0.1) is 0 Å². The molecule has 1 fully saturated rings. The molecule has 4 rings (SSSR count). The number of aromatic nitrogens is 1. The van der Waals surface area contributed by atoms with E-state index in [1.54, 1.807) is 43.5 Å². The van der Waals surface area contributed by atoms with Crippen molar-refractivity contribution in [3.05, 3.63) is 66.0 Å². The summed E-state index contributed by atoms with van der Waals surface area (Å²) >= 11 is 0. The Labute approximate surface area is 254 Å². The highest BCUT2D eigenvalue weighted by Crippen LogP contribution is 2.37. The zero-order valence-electron chi connectivity index (χ0n) is 24.7. The number of piperazine rings is 1. The standard InChI is InChI=1S/C30H35F3N4O6S/c1-4-43-25-15-23(18-34-19-25)22-16-27(41-2)26(28(17-22)42-3)20-36-10-12-37(13-11-36)24-7-5-21(6-8-24)29(38)35-44(39,40)14-9-30(31,32)33/h5-8,15-19H,4,9-14,20H2,1-3H3,(H,35,38). The number of carbonyl (C=O) groups excluding carboxylic acids is 1. The summed E-state index contributed by atoms with van der Waals surface area (Å²) in [7, 11) is -1.17. The average molecular weight is 637 g/mol. The smallest absolute Gasteiger partial charge is 0.390 e. The lowest BCUT2D eigenvalue weighted by molar-refractivity contribution is -0.130. The van der Waals surface area contributed by atoms with E-state index < -0.39 is 34.3 Å². The maximum absolute atomic E-state index is 12.4. The maximum Gasteiger partial charge on any atom is 0.390 e. The summed E-state index contributed by atoms with van der Waals surface area (Å²) < 4.78 is 79.7. The summed E-state index contributed by atoms with van der Waals surface area (Å²) in [6.45, 7) is 5.89. The van der Waals surface area contributed by atoms with Crippen LogP contribution in [0, 0.1) is 0 Å². The Morgan fingerprint density at radius 1 is 0.955 bits per heavy atom. The number of sulfonamides is 1. The Kier molecular flexibility index (Phi) is 10.6. The van der Waals surface area contributed by atoms with Crippen LogP contribution in [0.3, 0.4) is 0 Å². The van der Waals surface area contributed by atoms with Gasteiger partial charge in [-0.25, -0.2) is 13.1 Å². The van der Waals surface area contributed by atoms with Crippen LogP contribution >= 0.6 is 0 Å². The van der Waals surface area contributed by atoms with Gasteiger partial charge in [0, 0.05) is 55.7 Å². The second kappa shape index (κ2) is 14.2. The molecule has 44 heavy (non-hydrogen) atoms. The van der Waals surface area contributed by atoms with E-state index in [2.05, 4.69) is 14.8 Å². The van der Waals surface area contributed by atoms with E-state index in [-0.39, 0.29) is 5.56 Å². The lowest BCUT2D eigenvalue weighted by Gasteiger charge is -2.36. The molecular weight excluding hydrogens is 601 g/mol. The number of hydrogen-bond donors (Lipinski definition) is 1. The molecule has 0 spiro atoms. The minimum atomic E-state index is -4.64. The molecule has 0 bridgehead atoms. The van der Waals surface area contributed by atoms with Gasteiger partial charge >= 0.3 is 6.18 Å². The first kappa shape index (κ1) is 32.9. The number of pyridine rings is 1. The summed E-state index contributed by atoms with van der Waals surface area (Å²) in [6, 6.07) is 12.1. The summed E-state index contributed by atoms with van der Waals surface area (Å²) in [5, 5.41) is 0. The molecule has 10 nitrogen and oxygen atoms in total. The van der Waals surface area contributed by atoms with Crippen molar-refractivity contribution in [3.8, 4) is 28.4 Å². The summed E-state index contributed by atoms with van der Waals surface area (Å²) in [5.41, 5.74) is 3.55. The van der Waals surface area contributed by atoms with E-state index >= 15 is 0 Å². The summed E-state index contributed by atoms with van der Waals surface area (Å²) in [6.07, 6.45) is -2.75. The minimum Gasteiger partial charge on any atom is -0.496 e. The van der Waals surface area contributed by atoms with Crippen LogP contribution < -0.4 is 23.8 Å². The van der Waals surface area contributed by atoms with Gasteiger partial charge in [-0.1, -0.05) is 0 Å². The number of methoxy groups -OCH3 is 2. The van der Waals surface area contributed by atoms with E-state index in [1.807, 2.05) is 25.1 Å². The van der Waals surface area contributed by atoms with Crippen molar-refractivity contribution in [2.45, 2.75) is 26.1 Å². The third-order valence-corrected chi connectivity index (χ3v) is 8.35. The first-order valence-corrected chi connectivity index (χ1v) is 15.6. The summed E-state index contributed by atoms with van der Waals surface area (Å²) in [5.74, 6) is -0.131. The van der Waals surface area contributed by atoms with Gasteiger partial charge in [0.25, 0.3) is 5.91 Å². The number of nitrogens with zero attached hydrogens (tertiary/aromatic N) is 3. The third-order valence-electron chi connectivity index (χ3n) is 7.12. The van der Waals surface area contributed by atoms with Gasteiger partial charge in [-0.05, 0) is 55.0 Å². The zero-order chi connectivity index (χ0) is 31.9. The van der Waals surface area contributed by atoms with Crippen molar-refractivity contribution in [2.75, 3.05) is 57.7 Å². The zero-order valence-corrected chi connectivity index (χ0v) is 25.5. The van der Waals surface area contributed by atoms with Crippen LogP contribution in [0.25, 0.3) is 11.1 Å². The molecule has 0 radical (unpaired) electrons. The van der Waals surface area contributed by atoms with Crippen molar-refractivity contribution in [3.63, 3.8) is 0 Å². The molecule has 1 aromatic heterocycles. The van der Waals surface area contributed by atoms with Crippen LogP contribution in [-0.4, -0.2) is 83.1 Å². The molecule has 2 heterocycles. The lowest BCUT2D eigenvalue weighted by Crippen LogP contribution is -2.46. The molecule has 14 heteroatoms. The van der Waals surface area contributed by atoms with Gasteiger partial charge in [0.2, 0.25) is 10.0 Å². The van der Waals surface area contributed by atoms with Crippen LogP contribution in [0.1, 0.15) is 29.3 Å². The molecule has 1 N–H and O–H groups in total. The molecule has 0 aliphatic carbocycles. The van der Waals surface area contributed by atoms with Gasteiger partial charge in [0.15, 0.2) is 0 Å². The second-order valence-electron chi connectivity index (χ2n) is 10.1. The largest absolute Gasteiger partial charge is 0.496 e. The third kappa shape index (κ3) is 8.76. The van der Waals surface area contributed by atoms with Crippen molar-refractivity contribution in [1.29, 1.82) is 0 Å². The van der Waals surface area contributed by atoms with Gasteiger partial charge in [-0.3, -0.25) is 14.7 Å². The number of ether oxygens (including phenoxy) is 3. The molecular formula is C30H35F3N4O6S. The monoisotopic (exact) mass is 636 g/mol. The first-order chi connectivity index (χ1) is 20.9. The molecule has 1 amide bonds. The number of alkyl halides is 3. The van der Waals surface area contributed by atoms with Crippen LogP contribution in [0.15, 0.2) is 54.9 Å². The van der Waals surface area contributed by atoms with Gasteiger partial charge in [0.05, 0.1) is 44.8 Å². The van der Waals surface area contributed by atoms with E-state index in [4.69, 9.17) is 14.2 Å². The van der Waals surface area contributed by atoms with Crippen LogP contribution in [0.4, 0.5) is 18.9 Å². The lowest BCUT2D eigenvalue weighted by atomic mass is 10.0. The fraction of sp³-hybridized carbons (Fsp3) is 0.400.